The third kappa shape index (κ3) is 3.03. The number of nitrogens with zero attached hydrogens (tertiary/aromatic N) is 2. The Morgan fingerprint density at radius 2 is 1.97 bits per heavy atom. The molecule has 2 aliphatic carbocycles. The third-order valence-corrected chi connectivity index (χ3v) is 6.98. The van der Waals surface area contributed by atoms with E-state index in [1.54, 1.807) is 18.2 Å². The van der Waals surface area contributed by atoms with Crippen molar-refractivity contribution in [1.29, 1.82) is 5.26 Å². The first-order valence-corrected chi connectivity index (χ1v) is 10.8. The lowest BCUT2D eigenvalue weighted by molar-refractivity contribution is 0.0696. The van der Waals surface area contributed by atoms with Crippen LogP contribution in [0.5, 0.6) is 0 Å². The van der Waals surface area contributed by atoms with Gasteiger partial charge in [0.25, 0.3) is 0 Å². The summed E-state index contributed by atoms with van der Waals surface area (Å²) >= 11 is 6.35. The lowest BCUT2D eigenvalue weighted by Crippen LogP contribution is -2.43. The summed E-state index contributed by atoms with van der Waals surface area (Å²) in [6.07, 6.45) is 6.68. The van der Waals surface area contributed by atoms with Crippen molar-refractivity contribution in [2.24, 2.45) is 5.92 Å². The van der Waals surface area contributed by atoms with Crippen LogP contribution in [0.3, 0.4) is 0 Å². The first kappa shape index (κ1) is 19.0. The van der Waals surface area contributed by atoms with Crippen molar-refractivity contribution in [3.8, 4) is 6.07 Å². The number of halogens is 1. The zero-order valence-corrected chi connectivity index (χ0v) is 17.2. The van der Waals surface area contributed by atoms with Gasteiger partial charge in [-0.05, 0) is 73.1 Å². The summed E-state index contributed by atoms with van der Waals surface area (Å²) in [5.74, 6) is -0.325. The number of hydrogen-bond acceptors (Lipinski definition) is 4. The van der Waals surface area contributed by atoms with E-state index in [4.69, 9.17) is 11.6 Å². The molecule has 6 heteroatoms. The summed E-state index contributed by atoms with van der Waals surface area (Å²) in [5.41, 5.74) is 10.1. The zero-order chi connectivity index (χ0) is 20.8. The maximum absolute atomic E-state index is 11.4. The minimum atomic E-state index is -0.894. The number of fused-ring (bicyclic) bond motifs is 2. The second kappa shape index (κ2) is 7.37. The van der Waals surface area contributed by atoms with Crippen molar-refractivity contribution in [3.63, 3.8) is 0 Å². The Morgan fingerprint density at radius 1 is 1.17 bits per heavy atom. The summed E-state index contributed by atoms with van der Waals surface area (Å²) in [6.45, 7) is 0. The molecule has 152 valence electrons. The number of anilines is 1. The summed E-state index contributed by atoms with van der Waals surface area (Å²) < 4.78 is 0. The van der Waals surface area contributed by atoms with E-state index in [0.29, 0.717) is 22.1 Å². The molecule has 2 aromatic rings. The second-order valence-electron chi connectivity index (χ2n) is 8.32. The van der Waals surface area contributed by atoms with Crippen molar-refractivity contribution >= 4 is 29.0 Å². The summed E-state index contributed by atoms with van der Waals surface area (Å²) in [7, 11) is 0. The highest BCUT2D eigenvalue weighted by atomic mass is 35.5. The molecular weight excluding hydrogens is 398 g/mol. The molecule has 5 rings (SSSR count). The summed E-state index contributed by atoms with van der Waals surface area (Å²) in [4.78, 5) is 11.4. The van der Waals surface area contributed by atoms with E-state index in [9.17, 15) is 15.2 Å². The molecule has 0 unspecified atom stereocenters. The average Bonchev–Trinajstić information content (AvgIpc) is 3.40. The van der Waals surface area contributed by atoms with Gasteiger partial charge < -0.3 is 5.11 Å². The number of nitriles is 1. The number of hydrogen-bond donors (Lipinski definition) is 2. The summed E-state index contributed by atoms with van der Waals surface area (Å²) in [5, 5.41) is 21.2. The largest absolute Gasteiger partial charge is 0.478 e. The molecule has 0 spiro atoms. The molecule has 2 N–H and O–H groups in total. The lowest BCUT2D eigenvalue weighted by Gasteiger charge is -2.33. The number of benzene rings is 2. The van der Waals surface area contributed by atoms with Gasteiger partial charge in [-0.3, -0.25) is 10.4 Å². The van der Waals surface area contributed by atoms with Gasteiger partial charge in [-0.1, -0.05) is 30.5 Å². The van der Waals surface area contributed by atoms with Crippen molar-refractivity contribution in [2.75, 3.05) is 5.01 Å². The number of nitrogens with one attached hydrogen (secondary N) is 1. The van der Waals surface area contributed by atoms with E-state index in [2.05, 4.69) is 16.5 Å². The summed E-state index contributed by atoms with van der Waals surface area (Å²) in [6, 6.07) is 13.4. The molecule has 1 fully saturated rings. The lowest BCUT2D eigenvalue weighted by atomic mass is 9.82. The van der Waals surface area contributed by atoms with Gasteiger partial charge in [-0.2, -0.15) is 5.26 Å². The van der Waals surface area contributed by atoms with Gasteiger partial charge in [0.05, 0.1) is 33.6 Å². The fourth-order valence-corrected chi connectivity index (χ4v) is 5.47. The van der Waals surface area contributed by atoms with Crippen molar-refractivity contribution in [3.05, 3.63) is 69.2 Å². The average molecular weight is 420 g/mol. The molecule has 0 saturated heterocycles. The zero-order valence-electron chi connectivity index (χ0n) is 16.5. The molecule has 3 aliphatic rings. The highest BCUT2D eigenvalue weighted by Gasteiger charge is 2.41. The molecule has 0 amide bonds. The minimum absolute atomic E-state index is 0.249. The van der Waals surface area contributed by atoms with Crippen LogP contribution in [0.15, 0.2) is 42.0 Å². The quantitative estimate of drug-likeness (QED) is 0.719. The normalized spacial score (nSPS) is 20.5. The van der Waals surface area contributed by atoms with Gasteiger partial charge in [-0.15, -0.1) is 0 Å². The first-order chi connectivity index (χ1) is 14.6. The van der Waals surface area contributed by atoms with Gasteiger partial charge in [0.15, 0.2) is 0 Å². The molecule has 2 aromatic carbocycles. The standard InChI is InChI=1S/C24H22ClN3O2/c25-21-12-18(8-5-17(21)13-26)28-23(14-3-1-2-4-14)20-10-6-15-11-16(24(29)30)7-9-19(15)22(20)27-28/h5,7-9,11-12,14,23,27H,1-4,6,10H2,(H,29,30)/t23-/m0/s1. The van der Waals surface area contributed by atoms with Gasteiger partial charge >= 0.3 is 5.97 Å². The van der Waals surface area contributed by atoms with E-state index < -0.39 is 5.97 Å². The van der Waals surface area contributed by atoms with E-state index in [-0.39, 0.29) is 6.04 Å². The Bertz CT molecular complexity index is 1110. The van der Waals surface area contributed by atoms with Crippen molar-refractivity contribution < 1.29 is 9.90 Å². The van der Waals surface area contributed by atoms with Crippen LogP contribution < -0.4 is 10.4 Å². The second-order valence-corrected chi connectivity index (χ2v) is 8.73. The molecule has 1 atom stereocenters. The minimum Gasteiger partial charge on any atom is -0.478 e. The Balaban J connectivity index is 1.58. The van der Waals surface area contributed by atoms with Gasteiger partial charge in [0.2, 0.25) is 0 Å². The SMILES string of the molecule is N#Cc1ccc(N2NC3=C(CCc4cc(C(=O)O)ccc43)[C@@H]2C2CCCC2)cc1Cl. The smallest absolute Gasteiger partial charge is 0.335 e. The van der Waals surface area contributed by atoms with E-state index >= 15 is 0 Å². The Kier molecular flexibility index (Phi) is 4.67. The highest BCUT2D eigenvalue weighted by Crippen LogP contribution is 2.45. The Morgan fingerprint density at radius 3 is 2.67 bits per heavy atom. The third-order valence-electron chi connectivity index (χ3n) is 6.67. The molecule has 30 heavy (non-hydrogen) atoms. The van der Waals surface area contributed by atoms with Gasteiger partial charge in [0, 0.05) is 5.56 Å². The topological polar surface area (TPSA) is 76.4 Å². The molecule has 1 saturated carbocycles. The van der Waals surface area contributed by atoms with Crippen LogP contribution in [0.1, 0.15) is 59.2 Å². The van der Waals surface area contributed by atoms with Crippen LogP contribution in [0.2, 0.25) is 5.02 Å². The fraction of sp³-hybridized carbons (Fsp3) is 0.333. The Labute approximate surface area is 180 Å². The van der Waals surface area contributed by atoms with Crippen LogP contribution in [-0.4, -0.2) is 17.1 Å². The van der Waals surface area contributed by atoms with Crippen molar-refractivity contribution in [1.82, 2.24) is 5.43 Å². The van der Waals surface area contributed by atoms with Gasteiger partial charge in [0.1, 0.15) is 6.07 Å². The molecule has 1 heterocycles. The molecule has 0 radical (unpaired) electrons. The van der Waals surface area contributed by atoms with E-state index in [1.807, 2.05) is 18.2 Å². The van der Waals surface area contributed by atoms with E-state index in [0.717, 1.165) is 35.4 Å². The molecule has 5 nitrogen and oxygen atoms in total. The molecular formula is C24H22ClN3O2. The number of carboxylic acid groups (broad SMARTS) is 1. The molecule has 0 aromatic heterocycles. The number of rotatable bonds is 3. The number of carbonyl (C=O) groups is 1. The van der Waals surface area contributed by atoms with Crippen LogP contribution >= 0.6 is 11.6 Å². The van der Waals surface area contributed by atoms with Crippen LogP contribution in [0.4, 0.5) is 5.69 Å². The van der Waals surface area contributed by atoms with E-state index in [1.165, 1.54) is 31.3 Å². The van der Waals surface area contributed by atoms with Gasteiger partial charge in [-0.25, -0.2) is 4.79 Å². The number of aromatic carboxylic acids is 1. The predicted octanol–water partition coefficient (Wildman–Crippen LogP) is 5.15. The van der Waals surface area contributed by atoms with Crippen LogP contribution in [0.25, 0.3) is 5.70 Å². The number of aryl methyl sites for hydroxylation is 1. The first-order valence-electron chi connectivity index (χ1n) is 10.4. The molecule has 1 aliphatic heterocycles. The fourth-order valence-electron chi connectivity index (χ4n) is 5.26. The molecule has 0 bridgehead atoms. The van der Waals surface area contributed by atoms with Crippen LogP contribution in [-0.2, 0) is 6.42 Å². The number of carboxylic acids is 1. The Hall–Kier alpha value is -2.97. The maximum atomic E-state index is 11.4. The van der Waals surface area contributed by atoms with Crippen LogP contribution in [0, 0.1) is 17.2 Å². The maximum Gasteiger partial charge on any atom is 0.335 e. The monoisotopic (exact) mass is 419 g/mol. The highest BCUT2D eigenvalue weighted by molar-refractivity contribution is 6.32. The number of hydrazine groups is 1. The van der Waals surface area contributed by atoms with Crippen molar-refractivity contribution in [2.45, 2.75) is 44.6 Å². The predicted molar refractivity (Wildman–Crippen MR) is 116 cm³/mol.